The highest BCUT2D eigenvalue weighted by Gasteiger charge is 2.13. The third kappa shape index (κ3) is 2.97. The van der Waals surface area contributed by atoms with Gasteiger partial charge in [-0.1, -0.05) is 0 Å². The molecule has 6 nitrogen and oxygen atoms in total. The molecule has 3 aromatic rings. The fourth-order valence-electron chi connectivity index (χ4n) is 2.00. The summed E-state index contributed by atoms with van der Waals surface area (Å²) in [7, 11) is 0. The molecule has 3 heterocycles. The molecule has 0 radical (unpaired) electrons. The van der Waals surface area contributed by atoms with E-state index < -0.39 is 0 Å². The van der Waals surface area contributed by atoms with Crippen molar-refractivity contribution in [3.8, 4) is 11.1 Å². The van der Waals surface area contributed by atoms with Crippen molar-refractivity contribution < 1.29 is 0 Å². The molecule has 7 heteroatoms. The summed E-state index contributed by atoms with van der Waals surface area (Å²) < 4.78 is 4.23. The van der Waals surface area contributed by atoms with Gasteiger partial charge in [-0.25, -0.2) is 9.97 Å². The zero-order chi connectivity index (χ0) is 14.7. The van der Waals surface area contributed by atoms with E-state index in [0.717, 1.165) is 27.6 Å². The van der Waals surface area contributed by atoms with Gasteiger partial charge in [0, 0.05) is 18.6 Å². The van der Waals surface area contributed by atoms with Crippen LogP contribution < -0.4 is 11.1 Å². The molecule has 3 aromatic heterocycles. The maximum atomic E-state index is 5.98. The van der Waals surface area contributed by atoms with Crippen molar-refractivity contribution in [1.29, 1.82) is 0 Å². The molecule has 0 saturated carbocycles. The summed E-state index contributed by atoms with van der Waals surface area (Å²) in [6, 6.07) is 5.72. The number of nitrogens with zero attached hydrogens (tertiary/aromatic N) is 4. The molecule has 0 fully saturated rings. The van der Waals surface area contributed by atoms with E-state index in [4.69, 9.17) is 5.73 Å². The molecule has 3 N–H and O–H groups in total. The molecule has 0 aromatic carbocycles. The van der Waals surface area contributed by atoms with Gasteiger partial charge in [0.25, 0.3) is 0 Å². The highest BCUT2D eigenvalue weighted by molar-refractivity contribution is 7.11. The predicted molar refractivity (Wildman–Crippen MR) is 83.9 cm³/mol. The van der Waals surface area contributed by atoms with Crippen LogP contribution in [-0.4, -0.2) is 19.3 Å². The van der Waals surface area contributed by atoms with Crippen LogP contribution in [0.2, 0.25) is 0 Å². The normalized spacial score (nSPS) is 10.5. The van der Waals surface area contributed by atoms with Crippen molar-refractivity contribution in [2.24, 2.45) is 0 Å². The second-order valence-electron chi connectivity index (χ2n) is 4.46. The third-order valence-corrected chi connectivity index (χ3v) is 3.77. The summed E-state index contributed by atoms with van der Waals surface area (Å²) in [6.45, 7) is 2.47. The van der Waals surface area contributed by atoms with Gasteiger partial charge in [0.2, 0.25) is 0 Å². The Bertz CT molecular complexity index is 740. The Morgan fingerprint density at radius 1 is 1.19 bits per heavy atom. The van der Waals surface area contributed by atoms with E-state index in [9.17, 15) is 0 Å². The first-order valence-corrected chi connectivity index (χ1v) is 7.19. The SMILES string of the molecule is Cc1nccc(CNc2snc(N)c2-c2ccncc2)n1. The van der Waals surface area contributed by atoms with Gasteiger partial charge in [0.05, 0.1) is 17.8 Å². The zero-order valence-electron chi connectivity index (χ0n) is 11.4. The number of rotatable bonds is 4. The summed E-state index contributed by atoms with van der Waals surface area (Å²) >= 11 is 1.34. The van der Waals surface area contributed by atoms with E-state index >= 15 is 0 Å². The minimum atomic E-state index is 0.521. The van der Waals surface area contributed by atoms with Gasteiger partial charge >= 0.3 is 0 Å². The first-order valence-electron chi connectivity index (χ1n) is 6.42. The van der Waals surface area contributed by atoms with Crippen LogP contribution in [0.25, 0.3) is 11.1 Å². The van der Waals surface area contributed by atoms with Gasteiger partial charge < -0.3 is 11.1 Å². The Morgan fingerprint density at radius 2 is 2.00 bits per heavy atom. The molecule has 0 bridgehead atoms. The minimum Gasteiger partial charge on any atom is -0.382 e. The number of anilines is 2. The third-order valence-electron chi connectivity index (χ3n) is 2.95. The van der Waals surface area contributed by atoms with Crippen LogP contribution in [0.15, 0.2) is 36.8 Å². The molecule has 0 aliphatic heterocycles. The van der Waals surface area contributed by atoms with Gasteiger partial charge in [0.15, 0.2) is 0 Å². The number of nitrogens with two attached hydrogens (primary N) is 1. The van der Waals surface area contributed by atoms with Crippen molar-refractivity contribution in [2.75, 3.05) is 11.1 Å². The highest BCUT2D eigenvalue weighted by Crippen LogP contribution is 2.36. The van der Waals surface area contributed by atoms with Gasteiger partial charge in [-0.3, -0.25) is 4.98 Å². The van der Waals surface area contributed by atoms with Crippen LogP contribution in [0, 0.1) is 6.92 Å². The monoisotopic (exact) mass is 298 g/mol. The molecule has 21 heavy (non-hydrogen) atoms. The molecular weight excluding hydrogens is 284 g/mol. The lowest BCUT2D eigenvalue weighted by atomic mass is 10.1. The van der Waals surface area contributed by atoms with Gasteiger partial charge in [0.1, 0.15) is 16.6 Å². The van der Waals surface area contributed by atoms with Crippen molar-refractivity contribution in [3.05, 3.63) is 48.3 Å². The van der Waals surface area contributed by atoms with E-state index in [1.54, 1.807) is 18.6 Å². The summed E-state index contributed by atoms with van der Waals surface area (Å²) in [5.74, 6) is 1.28. The Hall–Kier alpha value is -2.54. The maximum absolute atomic E-state index is 5.98. The van der Waals surface area contributed by atoms with Crippen molar-refractivity contribution in [3.63, 3.8) is 0 Å². The number of aromatic nitrogens is 4. The second kappa shape index (κ2) is 5.84. The average molecular weight is 298 g/mol. The lowest BCUT2D eigenvalue weighted by Crippen LogP contribution is -2.03. The van der Waals surface area contributed by atoms with E-state index in [1.165, 1.54) is 11.5 Å². The summed E-state index contributed by atoms with van der Waals surface area (Å²) in [5.41, 5.74) is 8.81. The molecule has 0 saturated heterocycles. The fraction of sp³-hybridized carbons (Fsp3) is 0.143. The topological polar surface area (TPSA) is 89.6 Å². The van der Waals surface area contributed by atoms with Crippen LogP contribution in [0.5, 0.6) is 0 Å². The van der Waals surface area contributed by atoms with Crippen molar-refractivity contribution >= 4 is 22.4 Å². The number of pyridine rings is 1. The second-order valence-corrected chi connectivity index (χ2v) is 5.23. The van der Waals surface area contributed by atoms with E-state index in [-0.39, 0.29) is 0 Å². The molecule has 0 atom stereocenters. The van der Waals surface area contributed by atoms with Crippen molar-refractivity contribution in [1.82, 2.24) is 19.3 Å². The Morgan fingerprint density at radius 3 is 2.76 bits per heavy atom. The lowest BCUT2D eigenvalue weighted by molar-refractivity contribution is 0.957. The molecule has 0 amide bonds. The van der Waals surface area contributed by atoms with Crippen LogP contribution in [0.4, 0.5) is 10.8 Å². The highest BCUT2D eigenvalue weighted by atomic mass is 32.1. The number of aryl methyl sites for hydroxylation is 1. The first kappa shape index (κ1) is 13.4. The zero-order valence-corrected chi connectivity index (χ0v) is 12.3. The van der Waals surface area contributed by atoms with Gasteiger partial charge in [-0.2, -0.15) is 4.37 Å². The predicted octanol–water partition coefficient (Wildman–Crippen LogP) is 2.50. The fourth-order valence-corrected chi connectivity index (χ4v) is 2.73. The molecule has 3 rings (SSSR count). The molecule has 0 aliphatic carbocycles. The van der Waals surface area contributed by atoms with Crippen LogP contribution in [0.3, 0.4) is 0 Å². The first-order chi connectivity index (χ1) is 10.2. The standard InChI is InChI=1S/C14H14N6S/c1-9-17-7-4-11(19-9)8-18-14-12(13(15)20-21-14)10-2-5-16-6-3-10/h2-7,18H,8H2,1H3,(H2,15,20). The van der Waals surface area contributed by atoms with Gasteiger partial charge in [-0.15, -0.1) is 0 Å². The Kier molecular flexibility index (Phi) is 3.74. The molecule has 0 aliphatic rings. The van der Waals surface area contributed by atoms with E-state index in [2.05, 4.69) is 24.6 Å². The maximum Gasteiger partial charge on any atom is 0.147 e. The lowest BCUT2D eigenvalue weighted by Gasteiger charge is -2.07. The number of nitrogen functional groups attached to an aromatic ring is 1. The molecule has 0 spiro atoms. The summed E-state index contributed by atoms with van der Waals surface area (Å²) in [4.78, 5) is 12.5. The van der Waals surface area contributed by atoms with Gasteiger partial charge in [-0.05, 0) is 42.2 Å². The Balaban J connectivity index is 1.84. The van der Waals surface area contributed by atoms with Crippen LogP contribution in [0.1, 0.15) is 11.5 Å². The quantitative estimate of drug-likeness (QED) is 0.769. The average Bonchev–Trinajstić information content (AvgIpc) is 2.87. The van der Waals surface area contributed by atoms with Crippen molar-refractivity contribution in [2.45, 2.75) is 13.5 Å². The van der Waals surface area contributed by atoms with E-state index in [0.29, 0.717) is 12.4 Å². The largest absolute Gasteiger partial charge is 0.382 e. The number of nitrogens with one attached hydrogen (secondary N) is 1. The van der Waals surface area contributed by atoms with Crippen LogP contribution >= 0.6 is 11.5 Å². The molecule has 0 unspecified atom stereocenters. The summed E-state index contributed by atoms with van der Waals surface area (Å²) in [5, 5.41) is 4.27. The number of hydrogen-bond donors (Lipinski definition) is 2. The summed E-state index contributed by atoms with van der Waals surface area (Å²) in [6.07, 6.45) is 5.23. The molecule has 106 valence electrons. The Labute approximate surface area is 126 Å². The van der Waals surface area contributed by atoms with Crippen LogP contribution in [-0.2, 0) is 6.54 Å². The number of hydrogen-bond acceptors (Lipinski definition) is 7. The van der Waals surface area contributed by atoms with E-state index in [1.807, 2.05) is 25.1 Å². The molecular formula is C14H14N6S. The minimum absolute atomic E-state index is 0.521. The smallest absolute Gasteiger partial charge is 0.147 e.